The van der Waals surface area contributed by atoms with Crippen LogP contribution in [0.4, 0.5) is 0 Å². The van der Waals surface area contributed by atoms with Gasteiger partial charge in [-0.2, -0.15) is 8.15 Å². The third kappa shape index (κ3) is 7.47. The molecule has 2 rings (SSSR count). The quantitative estimate of drug-likeness (QED) is 0.218. The van der Waals surface area contributed by atoms with Gasteiger partial charge < -0.3 is 18.1 Å². The molecule has 0 aromatic carbocycles. The van der Waals surface area contributed by atoms with Crippen LogP contribution in [0.1, 0.15) is 82.1 Å². The van der Waals surface area contributed by atoms with Gasteiger partial charge in [0.25, 0.3) is 17.1 Å². The van der Waals surface area contributed by atoms with E-state index in [-0.39, 0.29) is 35.5 Å². The topological polar surface area (TPSA) is 43.4 Å². The molecule has 0 aromatic heterocycles. The number of nitrogens with zero attached hydrogens (tertiary/aromatic N) is 2. The monoisotopic (exact) mass is 472 g/mol. The molecule has 2 fully saturated rings. The molecule has 0 saturated carbocycles. The van der Waals surface area contributed by atoms with Gasteiger partial charge in [-0.25, -0.2) is 0 Å². The van der Waals surface area contributed by atoms with Gasteiger partial charge in [-0.3, -0.25) is 0 Å². The van der Waals surface area contributed by atoms with E-state index in [2.05, 4.69) is 77.4 Å². The minimum absolute atomic E-state index is 0.168. The number of rotatable bonds is 7. The van der Waals surface area contributed by atoms with Gasteiger partial charge >= 0.3 is 0 Å². The molecule has 2 saturated heterocycles. The van der Waals surface area contributed by atoms with E-state index < -0.39 is 17.1 Å². The van der Waals surface area contributed by atoms with Gasteiger partial charge in [-0.05, 0) is 69.2 Å². The van der Waals surface area contributed by atoms with Crippen molar-refractivity contribution in [3.05, 3.63) is 0 Å². The van der Waals surface area contributed by atoms with Crippen molar-refractivity contribution in [2.24, 2.45) is 0 Å². The Morgan fingerprint density at radius 3 is 1.32 bits per heavy atom. The van der Waals surface area contributed by atoms with E-state index in [4.69, 9.17) is 18.1 Å². The molecule has 2 heterocycles. The maximum atomic E-state index is 6.31. The molecule has 28 heavy (non-hydrogen) atoms. The first kappa shape index (κ1) is 25.6. The third-order valence-corrected chi connectivity index (χ3v) is 12.4. The highest BCUT2D eigenvalue weighted by atomic mass is 33.1. The molecule has 10 heteroatoms. The van der Waals surface area contributed by atoms with E-state index in [1.807, 2.05) is 0 Å². The average molecular weight is 473 g/mol. The Balaban J connectivity index is 2.07. The van der Waals surface area contributed by atoms with Crippen LogP contribution in [-0.2, 0) is 18.1 Å². The summed E-state index contributed by atoms with van der Waals surface area (Å²) in [6.45, 7) is 21.6. The fraction of sp³-hybridized carbons (Fsp3) is 1.00. The smallest absolute Gasteiger partial charge is 0.270 e. The zero-order valence-corrected chi connectivity index (χ0v) is 22.4. The summed E-state index contributed by atoms with van der Waals surface area (Å²) >= 11 is 0. The summed E-state index contributed by atoms with van der Waals surface area (Å²) in [5.41, 5.74) is -0.336. The largest absolute Gasteiger partial charge is 0.318 e. The Bertz CT molecular complexity index is 470. The minimum Gasteiger partial charge on any atom is -0.318 e. The maximum Gasteiger partial charge on any atom is 0.270 e. The van der Waals surface area contributed by atoms with Crippen LogP contribution >= 0.6 is 39.0 Å². The molecule has 0 N–H and O–H groups in total. The van der Waals surface area contributed by atoms with Gasteiger partial charge in [0.05, 0.1) is 23.4 Å². The van der Waals surface area contributed by atoms with Crippen molar-refractivity contribution in [2.45, 2.75) is 118 Å². The van der Waals surface area contributed by atoms with Crippen LogP contribution in [0.3, 0.4) is 0 Å². The molecule has 6 nitrogen and oxygen atoms in total. The molecule has 0 aromatic rings. The normalized spacial score (nSPS) is 33.2. The highest BCUT2D eigenvalue weighted by Crippen LogP contribution is 2.63. The molecule has 2 aliphatic rings. The van der Waals surface area contributed by atoms with E-state index in [1.165, 1.54) is 0 Å². The first-order valence-corrected chi connectivity index (χ1v) is 14.4. The summed E-state index contributed by atoms with van der Waals surface area (Å²) in [5.74, 6) is 0. The fourth-order valence-electron chi connectivity index (χ4n) is 3.15. The summed E-state index contributed by atoms with van der Waals surface area (Å²) in [6.07, 6.45) is 2.21. The maximum absolute atomic E-state index is 6.31. The predicted molar refractivity (Wildman–Crippen MR) is 124 cm³/mol. The Hall–Kier alpha value is 1.32. The second kappa shape index (κ2) is 10.3. The van der Waals surface area contributed by atoms with Crippen molar-refractivity contribution >= 4 is 39.0 Å². The lowest BCUT2D eigenvalue weighted by atomic mass is 10.0. The lowest BCUT2D eigenvalue weighted by molar-refractivity contribution is -0.00586. The lowest BCUT2D eigenvalue weighted by Crippen LogP contribution is -2.38. The standard InChI is InChI=1S/C18H38N2O4P2S2/c1-13(2)19(25-21-15(5)11-17(7,8)23-25)27-28-20(14(3)4)26-22-16(6)12-18(9,10)24-26/h13-16H,11-12H2,1-10H3. The Kier molecular flexibility index (Phi) is 9.40. The highest BCUT2D eigenvalue weighted by molar-refractivity contribution is 8.76. The Morgan fingerprint density at radius 2 is 1.07 bits per heavy atom. The fourth-order valence-corrected chi connectivity index (χ4v) is 10.4. The Labute approximate surface area is 182 Å². The molecule has 0 aliphatic carbocycles. The van der Waals surface area contributed by atoms with Gasteiger partial charge in [0.2, 0.25) is 0 Å². The van der Waals surface area contributed by atoms with E-state index in [0.29, 0.717) is 0 Å². The summed E-state index contributed by atoms with van der Waals surface area (Å²) < 4.78 is 29.5. The Morgan fingerprint density at radius 1 is 0.750 bits per heavy atom. The summed E-state index contributed by atoms with van der Waals surface area (Å²) in [7, 11) is 1.12. The van der Waals surface area contributed by atoms with Crippen LogP contribution in [0.2, 0.25) is 0 Å². The summed E-state index contributed by atoms with van der Waals surface area (Å²) in [6, 6.07) is 0.574. The zero-order valence-electron chi connectivity index (χ0n) is 19.0. The van der Waals surface area contributed by atoms with Crippen molar-refractivity contribution in [3.63, 3.8) is 0 Å². The van der Waals surface area contributed by atoms with E-state index in [9.17, 15) is 0 Å². The van der Waals surface area contributed by atoms with Crippen molar-refractivity contribution in [1.29, 1.82) is 0 Å². The van der Waals surface area contributed by atoms with Crippen LogP contribution < -0.4 is 0 Å². The molecule has 4 atom stereocenters. The molecule has 0 spiro atoms. The van der Waals surface area contributed by atoms with Crippen LogP contribution in [0, 0.1) is 0 Å². The predicted octanol–water partition coefficient (Wildman–Crippen LogP) is 7.28. The molecule has 166 valence electrons. The highest BCUT2D eigenvalue weighted by Gasteiger charge is 2.42. The molecular weight excluding hydrogens is 434 g/mol. The van der Waals surface area contributed by atoms with Crippen molar-refractivity contribution < 1.29 is 18.1 Å². The summed E-state index contributed by atoms with van der Waals surface area (Å²) in [5, 5.41) is 0. The van der Waals surface area contributed by atoms with Crippen LogP contribution in [0.5, 0.6) is 0 Å². The molecule has 2 aliphatic heterocycles. The SMILES string of the molecule is CC1CC(C)(C)OP(N(SSN(C(C)C)P2OC(C)CC(C)(C)O2)C(C)C)O1. The van der Waals surface area contributed by atoms with Crippen molar-refractivity contribution in [2.75, 3.05) is 0 Å². The van der Waals surface area contributed by atoms with E-state index in [1.54, 1.807) is 22.0 Å². The van der Waals surface area contributed by atoms with Crippen molar-refractivity contribution in [1.82, 2.24) is 8.15 Å². The van der Waals surface area contributed by atoms with Crippen LogP contribution in [-0.4, -0.2) is 43.6 Å². The molecule has 0 amide bonds. The molecular formula is C18H38N2O4P2S2. The second-order valence-corrected chi connectivity index (χ2v) is 14.5. The second-order valence-electron chi connectivity index (χ2n) is 9.36. The van der Waals surface area contributed by atoms with Crippen LogP contribution in [0.15, 0.2) is 0 Å². The van der Waals surface area contributed by atoms with Gasteiger partial charge in [-0.1, -0.05) is 0 Å². The molecule has 0 bridgehead atoms. The van der Waals surface area contributed by atoms with Crippen molar-refractivity contribution in [3.8, 4) is 0 Å². The number of hydrogen-bond acceptors (Lipinski definition) is 8. The first-order chi connectivity index (χ1) is 12.8. The molecule has 0 radical (unpaired) electrons. The molecule has 4 unspecified atom stereocenters. The lowest BCUT2D eigenvalue weighted by Gasteiger charge is -2.45. The average Bonchev–Trinajstić information content (AvgIpc) is 2.46. The van der Waals surface area contributed by atoms with Crippen LogP contribution in [0.25, 0.3) is 0 Å². The first-order valence-electron chi connectivity index (χ1n) is 10.0. The number of hydrogen-bond donors (Lipinski definition) is 0. The van der Waals surface area contributed by atoms with Gasteiger partial charge in [0.15, 0.2) is 0 Å². The third-order valence-electron chi connectivity index (χ3n) is 4.14. The van der Waals surface area contributed by atoms with Gasteiger partial charge in [0.1, 0.15) is 0 Å². The zero-order chi connectivity index (χ0) is 21.3. The minimum atomic E-state index is -1.12. The van der Waals surface area contributed by atoms with E-state index >= 15 is 0 Å². The van der Waals surface area contributed by atoms with Gasteiger partial charge in [0, 0.05) is 46.9 Å². The summed E-state index contributed by atoms with van der Waals surface area (Å²) in [4.78, 5) is 0. The van der Waals surface area contributed by atoms with Gasteiger partial charge in [-0.15, -0.1) is 0 Å². The van der Waals surface area contributed by atoms with E-state index in [0.717, 1.165) is 12.8 Å².